The van der Waals surface area contributed by atoms with Crippen LogP contribution in [0, 0.1) is 11.8 Å². The van der Waals surface area contributed by atoms with Gasteiger partial charge in [-0.2, -0.15) is 0 Å². The second kappa shape index (κ2) is 7.53. The number of aromatic nitrogens is 2. The minimum absolute atomic E-state index is 0.0401. The summed E-state index contributed by atoms with van der Waals surface area (Å²) in [5.41, 5.74) is -0.292. The van der Waals surface area contributed by atoms with E-state index in [1.807, 2.05) is 4.90 Å². The van der Waals surface area contributed by atoms with Crippen LogP contribution in [0.15, 0.2) is 35.1 Å². The van der Waals surface area contributed by atoms with Crippen LogP contribution < -0.4 is 20.5 Å². The van der Waals surface area contributed by atoms with E-state index in [4.69, 9.17) is 0 Å². The highest BCUT2D eigenvalue weighted by Crippen LogP contribution is 2.61. The molecule has 170 valence electrons. The zero-order chi connectivity index (χ0) is 22.5. The maximum Gasteiger partial charge on any atom is 0.573 e. The van der Waals surface area contributed by atoms with Gasteiger partial charge in [0.2, 0.25) is 5.95 Å². The summed E-state index contributed by atoms with van der Waals surface area (Å²) in [5.74, 6) is 0.000813. The minimum atomic E-state index is -4.76. The van der Waals surface area contributed by atoms with Gasteiger partial charge in [0, 0.05) is 19.2 Å². The quantitative estimate of drug-likeness (QED) is 0.733. The predicted octanol–water partition coefficient (Wildman–Crippen LogP) is 3.32. The van der Waals surface area contributed by atoms with Crippen LogP contribution in [0.1, 0.15) is 48.2 Å². The number of ether oxygens (including phenoxy) is 1. The Balaban J connectivity index is 1.42. The molecule has 2 aromatic rings. The highest BCUT2D eigenvalue weighted by molar-refractivity contribution is 5.93. The van der Waals surface area contributed by atoms with Crippen LogP contribution in [0.25, 0.3) is 0 Å². The summed E-state index contributed by atoms with van der Waals surface area (Å²) < 4.78 is 41.5. The second-order valence-electron chi connectivity index (χ2n) is 8.75. The zero-order valence-electron chi connectivity index (χ0n) is 17.2. The normalized spacial score (nSPS) is 26.7. The van der Waals surface area contributed by atoms with Gasteiger partial charge in [-0.25, -0.2) is 4.98 Å². The number of hydrogen-bond acceptors (Lipinski definition) is 5. The maximum atomic E-state index is 13.2. The van der Waals surface area contributed by atoms with Crippen LogP contribution in [0.2, 0.25) is 0 Å². The first-order chi connectivity index (χ1) is 15.2. The van der Waals surface area contributed by atoms with Crippen LogP contribution in [-0.2, 0) is 5.54 Å². The van der Waals surface area contributed by atoms with Crippen LogP contribution in [0.5, 0.6) is 5.75 Å². The van der Waals surface area contributed by atoms with E-state index in [2.05, 4.69) is 20.0 Å². The molecule has 1 saturated heterocycles. The Morgan fingerprint density at radius 2 is 1.81 bits per heavy atom. The fourth-order valence-electron chi connectivity index (χ4n) is 5.55. The number of amides is 1. The van der Waals surface area contributed by atoms with Crippen molar-refractivity contribution in [1.82, 2.24) is 15.3 Å². The molecule has 1 aliphatic heterocycles. The number of benzene rings is 1. The molecule has 2 unspecified atom stereocenters. The molecule has 1 amide bonds. The van der Waals surface area contributed by atoms with Crippen molar-refractivity contribution in [3.63, 3.8) is 0 Å². The van der Waals surface area contributed by atoms with Gasteiger partial charge in [0.15, 0.2) is 0 Å². The zero-order valence-corrected chi connectivity index (χ0v) is 17.2. The number of rotatable bonds is 5. The first-order valence-corrected chi connectivity index (χ1v) is 10.8. The molecule has 1 aromatic carbocycles. The molecule has 2 bridgehead atoms. The third kappa shape index (κ3) is 3.61. The molecule has 3 aliphatic carbocycles. The summed E-state index contributed by atoms with van der Waals surface area (Å²) in [6.07, 6.45) is 0.0351. The van der Waals surface area contributed by atoms with Crippen molar-refractivity contribution in [1.29, 1.82) is 0 Å². The summed E-state index contributed by atoms with van der Waals surface area (Å²) in [6.45, 7) is 1.54. The van der Waals surface area contributed by atoms with E-state index >= 15 is 0 Å². The van der Waals surface area contributed by atoms with Gasteiger partial charge in [-0.1, -0.05) is 12.1 Å². The highest BCUT2D eigenvalue weighted by Gasteiger charge is 2.61. The molecule has 2 heterocycles. The third-order valence-corrected chi connectivity index (χ3v) is 6.97. The van der Waals surface area contributed by atoms with Crippen LogP contribution in [0.3, 0.4) is 0 Å². The molecule has 32 heavy (non-hydrogen) atoms. The third-order valence-electron chi connectivity index (χ3n) is 6.97. The van der Waals surface area contributed by atoms with Crippen LogP contribution >= 0.6 is 0 Å². The molecule has 0 spiro atoms. The van der Waals surface area contributed by atoms with Crippen molar-refractivity contribution in [2.45, 2.75) is 44.0 Å². The number of anilines is 1. The first kappa shape index (κ1) is 20.8. The van der Waals surface area contributed by atoms with Gasteiger partial charge in [0.25, 0.3) is 11.5 Å². The molecule has 10 heteroatoms. The van der Waals surface area contributed by atoms with E-state index in [1.54, 1.807) is 12.1 Å². The summed E-state index contributed by atoms with van der Waals surface area (Å²) in [4.78, 5) is 34.4. The van der Waals surface area contributed by atoms with Crippen molar-refractivity contribution >= 4 is 11.9 Å². The monoisotopic (exact) mass is 448 g/mol. The Bertz CT molecular complexity index is 1060. The van der Waals surface area contributed by atoms with E-state index in [-0.39, 0.29) is 23.3 Å². The predicted molar refractivity (Wildman–Crippen MR) is 109 cm³/mol. The number of nitrogens with zero attached hydrogens (tertiary/aromatic N) is 2. The number of carbonyl (C=O) groups excluding carboxylic acids is 1. The average Bonchev–Trinajstić information content (AvgIpc) is 3.49. The number of H-pyrrole nitrogens is 1. The van der Waals surface area contributed by atoms with Gasteiger partial charge in [0.05, 0.1) is 5.54 Å². The van der Waals surface area contributed by atoms with Crippen molar-refractivity contribution in [2.75, 3.05) is 18.0 Å². The number of hydrogen-bond donors (Lipinski definition) is 2. The standard InChI is InChI=1S/C22H23F3N4O3/c23-22(24,25)32-16-7-5-13(6-8-16)21(14-3-4-15(21)11-14)28-19(31)17-12-18(30)27-20(26-17)29-9-1-2-10-29/h5-8,12,14-15H,1-4,9-11H2,(H,28,31)(H,26,27,30)/t14-,15?,21?/m0/s1. The molecule has 7 nitrogen and oxygen atoms in total. The molecule has 0 radical (unpaired) electrons. The number of halogens is 3. The molecule has 1 aromatic heterocycles. The molecular weight excluding hydrogens is 425 g/mol. The van der Waals surface area contributed by atoms with Crippen molar-refractivity contribution in [2.24, 2.45) is 11.8 Å². The lowest BCUT2D eigenvalue weighted by Crippen LogP contribution is -2.59. The lowest BCUT2D eigenvalue weighted by atomic mass is 9.61. The number of nitrogens with one attached hydrogen (secondary N) is 2. The second-order valence-corrected chi connectivity index (χ2v) is 8.75. The van der Waals surface area contributed by atoms with Crippen molar-refractivity contribution < 1.29 is 22.7 Å². The Morgan fingerprint density at radius 1 is 1.16 bits per heavy atom. The van der Waals surface area contributed by atoms with E-state index < -0.39 is 23.4 Å². The van der Waals surface area contributed by atoms with Gasteiger partial charge in [-0.05, 0) is 61.6 Å². The number of fused-ring (bicyclic) bond motifs is 1. The van der Waals surface area contributed by atoms with Crippen molar-refractivity contribution in [3.8, 4) is 5.75 Å². The molecule has 3 saturated carbocycles. The smallest absolute Gasteiger partial charge is 0.406 e. The lowest BCUT2D eigenvalue weighted by molar-refractivity contribution is -0.274. The summed E-state index contributed by atoms with van der Waals surface area (Å²) >= 11 is 0. The Hall–Kier alpha value is -3.04. The molecule has 4 fully saturated rings. The van der Waals surface area contributed by atoms with Crippen LogP contribution in [0.4, 0.5) is 19.1 Å². The van der Waals surface area contributed by atoms with E-state index in [1.165, 1.54) is 18.2 Å². The summed E-state index contributed by atoms with van der Waals surface area (Å²) in [6, 6.07) is 6.87. The van der Waals surface area contributed by atoms with Crippen LogP contribution in [-0.4, -0.2) is 35.3 Å². The van der Waals surface area contributed by atoms with Crippen molar-refractivity contribution in [3.05, 3.63) is 51.9 Å². The van der Waals surface area contributed by atoms with Gasteiger partial charge < -0.3 is 15.0 Å². The fourth-order valence-corrected chi connectivity index (χ4v) is 5.55. The SMILES string of the molecule is O=C(NC1(c2ccc(OC(F)(F)F)cc2)C2CC[C@H]1C2)c1cc(=O)[nH]c(N2CCCC2)n1. The maximum absolute atomic E-state index is 13.2. The van der Waals surface area contributed by atoms with E-state index in [0.29, 0.717) is 5.95 Å². The summed E-state index contributed by atoms with van der Waals surface area (Å²) in [5, 5.41) is 3.10. The number of carbonyl (C=O) groups is 1. The Labute approximate surface area is 182 Å². The molecular formula is C22H23F3N4O3. The fraction of sp³-hybridized carbons (Fsp3) is 0.500. The first-order valence-electron chi connectivity index (χ1n) is 10.8. The van der Waals surface area contributed by atoms with E-state index in [9.17, 15) is 22.8 Å². The van der Waals surface area contributed by atoms with Gasteiger partial charge >= 0.3 is 6.36 Å². The van der Waals surface area contributed by atoms with Gasteiger partial charge in [0.1, 0.15) is 11.4 Å². The average molecular weight is 448 g/mol. The van der Waals surface area contributed by atoms with Gasteiger partial charge in [-0.3, -0.25) is 14.6 Å². The molecule has 4 aliphatic rings. The summed E-state index contributed by atoms with van der Waals surface area (Å²) in [7, 11) is 0. The highest BCUT2D eigenvalue weighted by atomic mass is 19.4. The lowest BCUT2D eigenvalue weighted by Gasteiger charge is -2.50. The van der Waals surface area contributed by atoms with Gasteiger partial charge in [-0.15, -0.1) is 13.2 Å². The van der Waals surface area contributed by atoms with E-state index in [0.717, 1.165) is 50.8 Å². The Kier molecular flexibility index (Phi) is 4.90. The topological polar surface area (TPSA) is 87.3 Å². The Morgan fingerprint density at radius 3 is 2.41 bits per heavy atom. The molecule has 2 N–H and O–H groups in total. The molecule has 3 atom stereocenters. The largest absolute Gasteiger partial charge is 0.573 e. The number of aromatic amines is 1. The molecule has 6 rings (SSSR count). The minimum Gasteiger partial charge on any atom is -0.406 e. The number of alkyl halides is 3.